The third-order valence-electron chi connectivity index (χ3n) is 6.73. The predicted octanol–water partition coefficient (Wildman–Crippen LogP) is 6.83. The van der Waals surface area contributed by atoms with E-state index in [-0.39, 0.29) is 10.3 Å². The number of aryl methyl sites for hydroxylation is 2. The maximum atomic E-state index is 13.0. The molecule has 0 aliphatic carbocycles. The molecule has 6 heteroatoms. The molecule has 35 heavy (non-hydrogen) atoms. The van der Waals surface area contributed by atoms with Crippen LogP contribution in [0.5, 0.6) is 0 Å². The Labute approximate surface area is 209 Å². The fourth-order valence-corrected chi connectivity index (χ4v) is 5.19. The Bertz CT molecular complexity index is 1250. The number of carboxylic acids is 1. The number of nitrogens with one attached hydrogen (secondary N) is 1. The van der Waals surface area contributed by atoms with Gasteiger partial charge in [0.2, 0.25) is 0 Å². The molecule has 3 aromatic rings. The number of carbonyl (C=O) groups is 1. The highest BCUT2D eigenvalue weighted by Gasteiger charge is 2.20. The van der Waals surface area contributed by atoms with Crippen LogP contribution >= 0.6 is 0 Å². The van der Waals surface area contributed by atoms with E-state index in [1.54, 1.807) is 30.3 Å². The van der Waals surface area contributed by atoms with E-state index >= 15 is 0 Å². The molecule has 3 rings (SSSR count). The largest absolute Gasteiger partial charge is 0.478 e. The lowest BCUT2D eigenvalue weighted by Crippen LogP contribution is -2.17. The van der Waals surface area contributed by atoms with Gasteiger partial charge in [-0.15, -0.1) is 0 Å². The van der Waals surface area contributed by atoms with E-state index in [4.69, 9.17) is 0 Å². The molecule has 0 bridgehead atoms. The molecule has 0 spiro atoms. The summed E-state index contributed by atoms with van der Waals surface area (Å²) in [6, 6.07) is 21.7. The summed E-state index contributed by atoms with van der Waals surface area (Å²) in [4.78, 5) is 11.6. The van der Waals surface area contributed by atoms with E-state index in [2.05, 4.69) is 25.5 Å². The molecular weight excluding hydrogens is 458 g/mol. The fraction of sp³-hybridized carbons (Fsp3) is 0.345. The van der Waals surface area contributed by atoms with Crippen LogP contribution in [0.2, 0.25) is 0 Å². The first-order valence-corrected chi connectivity index (χ1v) is 13.6. The lowest BCUT2D eigenvalue weighted by atomic mass is 9.82. The predicted molar refractivity (Wildman–Crippen MR) is 142 cm³/mol. The van der Waals surface area contributed by atoms with Crippen LogP contribution in [0, 0.1) is 0 Å². The second-order valence-corrected chi connectivity index (χ2v) is 11.2. The number of benzene rings is 3. The van der Waals surface area contributed by atoms with Gasteiger partial charge in [0, 0.05) is 0 Å². The van der Waals surface area contributed by atoms with Gasteiger partial charge in [0.25, 0.3) is 10.0 Å². The molecule has 0 atom stereocenters. The number of unbranched alkanes of at least 4 members (excludes halogenated alkanes) is 2. The van der Waals surface area contributed by atoms with Crippen LogP contribution in [0.15, 0.2) is 77.7 Å². The third kappa shape index (κ3) is 6.95. The molecule has 5 nitrogen and oxygen atoms in total. The Hall–Kier alpha value is -3.12. The maximum Gasteiger partial charge on any atom is 0.335 e. The van der Waals surface area contributed by atoms with E-state index in [0.717, 1.165) is 48.8 Å². The van der Waals surface area contributed by atoms with Crippen molar-refractivity contribution in [3.05, 3.63) is 95.1 Å². The lowest BCUT2D eigenvalue weighted by molar-refractivity contribution is 0.0695. The normalized spacial score (nSPS) is 11.9. The topological polar surface area (TPSA) is 83.5 Å². The van der Waals surface area contributed by atoms with E-state index in [0.29, 0.717) is 17.7 Å². The molecule has 0 unspecified atom stereocenters. The molecule has 0 heterocycles. The second-order valence-electron chi connectivity index (χ2n) is 9.55. The van der Waals surface area contributed by atoms with Gasteiger partial charge in [-0.3, -0.25) is 4.72 Å². The van der Waals surface area contributed by atoms with E-state index < -0.39 is 16.0 Å². The second kappa shape index (κ2) is 11.5. The highest BCUT2D eigenvalue weighted by molar-refractivity contribution is 7.92. The van der Waals surface area contributed by atoms with Gasteiger partial charge in [-0.25, -0.2) is 13.2 Å². The molecule has 0 aliphatic heterocycles. The van der Waals surface area contributed by atoms with Crippen LogP contribution in [-0.2, 0) is 28.3 Å². The lowest BCUT2D eigenvalue weighted by Gasteiger charge is -2.23. The highest BCUT2D eigenvalue weighted by atomic mass is 32.2. The summed E-state index contributed by atoms with van der Waals surface area (Å²) in [6.07, 6.45) is 5.10. The molecule has 0 radical (unpaired) electrons. The van der Waals surface area contributed by atoms with Crippen molar-refractivity contribution in [3.8, 4) is 0 Å². The summed E-state index contributed by atoms with van der Waals surface area (Å²) in [7, 11) is -3.69. The van der Waals surface area contributed by atoms with Crippen molar-refractivity contribution in [2.75, 3.05) is 4.72 Å². The minimum absolute atomic E-state index is 0.00196. The average Bonchev–Trinajstić information content (AvgIpc) is 2.85. The first kappa shape index (κ1) is 26.5. The molecule has 186 valence electrons. The molecule has 0 aromatic heterocycles. The summed E-state index contributed by atoms with van der Waals surface area (Å²) in [6.45, 7) is 6.42. The molecule has 0 saturated heterocycles. The smallest absolute Gasteiger partial charge is 0.335 e. The van der Waals surface area contributed by atoms with Crippen molar-refractivity contribution in [1.29, 1.82) is 0 Å². The first-order valence-electron chi connectivity index (χ1n) is 12.2. The van der Waals surface area contributed by atoms with E-state index in [1.165, 1.54) is 0 Å². The van der Waals surface area contributed by atoms with Gasteiger partial charge in [0.1, 0.15) is 0 Å². The summed E-state index contributed by atoms with van der Waals surface area (Å²) < 4.78 is 28.9. The summed E-state index contributed by atoms with van der Waals surface area (Å²) >= 11 is 0. The molecule has 0 amide bonds. The number of para-hydroxylation sites is 1. The quantitative estimate of drug-likeness (QED) is 0.271. The van der Waals surface area contributed by atoms with Crippen LogP contribution in [-0.4, -0.2) is 19.5 Å². The van der Waals surface area contributed by atoms with Crippen LogP contribution in [0.4, 0.5) is 5.69 Å². The number of carboxylic acid groups (broad SMARTS) is 1. The van der Waals surface area contributed by atoms with Crippen molar-refractivity contribution in [2.24, 2.45) is 0 Å². The van der Waals surface area contributed by atoms with Gasteiger partial charge < -0.3 is 5.11 Å². The van der Waals surface area contributed by atoms with Crippen molar-refractivity contribution >= 4 is 21.7 Å². The van der Waals surface area contributed by atoms with Crippen molar-refractivity contribution in [2.45, 2.75) is 69.6 Å². The highest BCUT2D eigenvalue weighted by Crippen LogP contribution is 2.28. The number of hydrogen-bond donors (Lipinski definition) is 2. The van der Waals surface area contributed by atoms with Gasteiger partial charge in [-0.05, 0) is 78.5 Å². The summed E-state index contributed by atoms with van der Waals surface area (Å²) in [5.74, 6) is -0.898. The minimum Gasteiger partial charge on any atom is -0.478 e. The Balaban J connectivity index is 1.60. The Morgan fingerprint density at radius 2 is 1.40 bits per heavy atom. The number of sulfonamides is 1. The maximum absolute atomic E-state index is 13.0. The molecule has 0 fully saturated rings. The standard InChI is InChI=1S/C29H35NO4S/c1-4-29(2,3)24-18-20-25(21-19-24)35(33,34)30-27-17-11-9-15-23(27)14-7-5-6-12-22-13-8-10-16-26(22)28(31)32/h8-11,13,15-21,30H,4-7,12,14H2,1-3H3,(H,31,32). The molecule has 2 N–H and O–H groups in total. The zero-order valence-corrected chi connectivity index (χ0v) is 21.6. The van der Waals surface area contributed by atoms with Crippen LogP contribution < -0.4 is 4.72 Å². The minimum atomic E-state index is -3.69. The Kier molecular flexibility index (Phi) is 8.73. The van der Waals surface area contributed by atoms with Crippen molar-refractivity contribution in [3.63, 3.8) is 0 Å². The Morgan fingerprint density at radius 1 is 0.829 bits per heavy atom. The first-order chi connectivity index (χ1) is 16.6. The van der Waals surface area contributed by atoms with Gasteiger partial charge in [0.05, 0.1) is 16.1 Å². The zero-order valence-electron chi connectivity index (χ0n) is 20.8. The van der Waals surface area contributed by atoms with Gasteiger partial charge in [0.15, 0.2) is 0 Å². The van der Waals surface area contributed by atoms with Crippen molar-refractivity contribution < 1.29 is 18.3 Å². The monoisotopic (exact) mass is 493 g/mol. The third-order valence-corrected chi connectivity index (χ3v) is 8.11. The molecular formula is C29H35NO4S. The fourth-order valence-electron chi connectivity index (χ4n) is 4.09. The number of hydrogen-bond acceptors (Lipinski definition) is 3. The van der Waals surface area contributed by atoms with Gasteiger partial charge >= 0.3 is 5.97 Å². The molecule has 0 aliphatic rings. The van der Waals surface area contributed by atoms with Crippen LogP contribution in [0.1, 0.15) is 73.5 Å². The molecule has 0 saturated carbocycles. The van der Waals surface area contributed by atoms with Crippen LogP contribution in [0.25, 0.3) is 0 Å². The van der Waals surface area contributed by atoms with E-state index in [1.807, 2.05) is 42.5 Å². The number of rotatable bonds is 12. The molecule has 3 aromatic carbocycles. The van der Waals surface area contributed by atoms with E-state index in [9.17, 15) is 18.3 Å². The average molecular weight is 494 g/mol. The Morgan fingerprint density at radius 3 is 2.03 bits per heavy atom. The van der Waals surface area contributed by atoms with Crippen LogP contribution in [0.3, 0.4) is 0 Å². The summed E-state index contributed by atoms with van der Waals surface area (Å²) in [5.41, 5.74) is 3.87. The van der Waals surface area contributed by atoms with Crippen molar-refractivity contribution in [1.82, 2.24) is 0 Å². The number of aromatic carboxylic acids is 1. The SMILES string of the molecule is CCC(C)(C)c1ccc(S(=O)(=O)Nc2ccccc2CCCCCc2ccccc2C(=O)O)cc1. The van der Waals surface area contributed by atoms with Gasteiger partial charge in [-0.1, -0.05) is 75.7 Å². The summed E-state index contributed by atoms with van der Waals surface area (Å²) in [5, 5.41) is 9.33. The number of anilines is 1. The van der Waals surface area contributed by atoms with Gasteiger partial charge in [-0.2, -0.15) is 0 Å². The zero-order chi connectivity index (χ0) is 25.5.